The maximum Gasteiger partial charge on any atom is 0.416 e. The predicted molar refractivity (Wildman–Crippen MR) is 207 cm³/mol. The molecule has 2 fully saturated rings. The van der Waals surface area contributed by atoms with Gasteiger partial charge in [-0.25, -0.2) is 17.2 Å². The van der Waals surface area contributed by atoms with Crippen LogP contribution in [-0.2, 0) is 42.1 Å². The number of nitrogens with one attached hydrogen (secondary N) is 2. The number of likely N-dealkylation sites (N-methyl/N-ethyl adjacent to an activating group) is 1. The maximum atomic E-state index is 14.6. The number of aromatic amines is 2. The molecule has 4 aliphatic rings. The minimum absolute atomic E-state index is 0.0144. The lowest BCUT2D eigenvalue weighted by Crippen LogP contribution is -2.51. The Morgan fingerprint density at radius 2 is 1.51 bits per heavy atom. The summed E-state index contributed by atoms with van der Waals surface area (Å²) < 4.78 is 99.8. The number of amides is 2. The second-order valence-corrected chi connectivity index (χ2v) is 18.2. The lowest BCUT2D eigenvalue weighted by molar-refractivity contribution is -0.138. The van der Waals surface area contributed by atoms with Gasteiger partial charge in [0.05, 0.1) is 16.3 Å². The smallest absolute Gasteiger partial charge is 0.337 e. The molecule has 4 aliphatic heterocycles. The van der Waals surface area contributed by atoms with E-state index in [2.05, 4.69) is 25.3 Å². The minimum atomic E-state index is -4.73. The van der Waals surface area contributed by atoms with E-state index in [-0.39, 0.29) is 92.2 Å². The number of aromatic nitrogens is 4. The van der Waals surface area contributed by atoms with Gasteiger partial charge in [-0.2, -0.15) is 27.7 Å². The fourth-order valence-corrected chi connectivity index (χ4v) is 11.2. The highest BCUT2D eigenvalue weighted by molar-refractivity contribution is 7.89. The van der Waals surface area contributed by atoms with Crippen LogP contribution in [0.25, 0.3) is 0 Å². The third kappa shape index (κ3) is 8.12. The van der Waals surface area contributed by atoms with Gasteiger partial charge in [0.1, 0.15) is 11.6 Å². The van der Waals surface area contributed by atoms with E-state index in [0.717, 1.165) is 36.5 Å². The number of H-pyrrole nitrogens is 2. The number of sulfonamides is 1. The van der Waals surface area contributed by atoms with Crippen LogP contribution >= 0.6 is 11.6 Å². The largest absolute Gasteiger partial charge is 0.416 e. The standard InChI is InChI=1S/C40H44ClF5N8O4S/c1-2-51-13-11-33-29(20-51)37(50-47-33)39(56)54-17-10-24(28-4-3-5-32(43)35(28)41)18-26(54)22-59(57,58)53-16-12-34-30(21-53)36(49-48-34)38(55)52-14-8-23(9-15-52)27-7-6-25(42)19-31(27)40(44,45)46/h3-7,19,23-24,26H,2,8-18,20-22H2,1H3,(H,47,50)(H,48,49). The molecule has 8 rings (SSSR count). The summed E-state index contributed by atoms with van der Waals surface area (Å²) in [5, 5.41) is 14.5. The van der Waals surface area contributed by atoms with Crippen molar-refractivity contribution in [3.63, 3.8) is 0 Å². The molecule has 19 heteroatoms. The molecule has 0 saturated carbocycles. The number of likely N-dealkylation sites (tertiary alicyclic amines) is 2. The van der Waals surface area contributed by atoms with E-state index in [1.165, 1.54) is 15.3 Å². The van der Waals surface area contributed by atoms with Crippen LogP contribution in [0.1, 0.15) is 105 Å². The van der Waals surface area contributed by atoms with Crippen LogP contribution in [0.2, 0.25) is 5.02 Å². The molecule has 2 N–H and O–H groups in total. The van der Waals surface area contributed by atoms with Crippen LogP contribution in [0, 0.1) is 11.6 Å². The fraction of sp³-hybridized carbons (Fsp3) is 0.500. The van der Waals surface area contributed by atoms with E-state index < -0.39 is 57.0 Å². The van der Waals surface area contributed by atoms with E-state index in [1.807, 2.05) is 6.92 Å². The summed E-state index contributed by atoms with van der Waals surface area (Å²) in [7, 11) is -4.11. The fourth-order valence-electron chi connectivity index (χ4n) is 9.23. The van der Waals surface area contributed by atoms with Gasteiger partial charge < -0.3 is 9.80 Å². The number of hydrogen-bond acceptors (Lipinski definition) is 7. The number of carbonyl (C=O) groups is 2. The number of carbonyl (C=O) groups excluding carboxylic acids is 2. The Balaban J connectivity index is 1.00. The normalized spacial score (nSPS) is 21.1. The average molecular weight is 863 g/mol. The SMILES string of the molecule is CCN1CCc2[nH]nc(C(=O)N3CCC(c4cccc(F)c4Cl)CC3CS(=O)(=O)N3CCc4[nH]nc(C(=O)N5CCC(c6ccc(F)cc6C(F)(F)F)CC5)c4C3)c2C1. The van der Waals surface area contributed by atoms with Crippen molar-refractivity contribution in [3.8, 4) is 0 Å². The molecule has 2 aromatic carbocycles. The molecule has 12 nitrogen and oxygen atoms in total. The van der Waals surface area contributed by atoms with Crippen LogP contribution in [-0.4, -0.2) is 111 Å². The summed E-state index contributed by atoms with van der Waals surface area (Å²) in [5.74, 6) is -3.74. The molecule has 0 bridgehead atoms. The third-order valence-corrected chi connectivity index (χ3v) is 14.8. The second kappa shape index (κ2) is 16.2. The van der Waals surface area contributed by atoms with Gasteiger partial charge in [-0.3, -0.25) is 24.7 Å². The minimum Gasteiger partial charge on any atom is -0.337 e. The Hall–Kier alpha value is -4.39. The second-order valence-electron chi connectivity index (χ2n) is 15.9. The van der Waals surface area contributed by atoms with Gasteiger partial charge in [-0.05, 0) is 73.4 Å². The number of alkyl halides is 3. The lowest BCUT2D eigenvalue weighted by atomic mass is 9.85. The maximum absolute atomic E-state index is 14.6. The van der Waals surface area contributed by atoms with Crippen molar-refractivity contribution in [2.45, 2.75) is 82.6 Å². The number of nitrogens with zero attached hydrogens (tertiary/aromatic N) is 6. The van der Waals surface area contributed by atoms with Gasteiger partial charge >= 0.3 is 6.18 Å². The zero-order valence-electron chi connectivity index (χ0n) is 32.3. The van der Waals surface area contributed by atoms with E-state index >= 15 is 0 Å². The molecular weight excluding hydrogens is 819 g/mol. The van der Waals surface area contributed by atoms with Crippen LogP contribution in [0.5, 0.6) is 0 Å². The van der Waals surface area contributed by atoms with Gasteiger partial charge in [0.15, 0.2) is 11.4 Å². The molecule has 6 heterocycles. The van der Waals surface area contributed by atoms with Crippen LogP contribution in [0.15, 0.2) is 36.4 Å². The highest BCUT2D eigenvalue weighted by Crippen LogP contribution is 2.41. The van der Waals surface area contributed by atoms with Crippen molar-refractivity contribution < 1.29 is 40.0 Å². The molecule has 0 aliphatic carbocycles. The first-order valence-corrected chi connectivity index (χ1v) is 21.8. The van der Waals surface area contributed by atoms with Crippen molar-refractivity contribution >= 4 is 33.4 Å². The molecule has 2 aromatic heterocycles. The monoisotopic (exact) mass is 862 g/mol. The van der Waals surface area contributed by atoms with Crippen molar-refractivity contribution in [2.75, 3.05) is 45.0 Å². The van der Waals surface area contributed by atoms with Gasteiger partial charge in [0.2, 0.25) is 10.0 Å². The molecule has 2 amide bonds. The van der Waals surface area contributed by atoms with E-state index in [0.29, 0.717) is 42.3 Å². The molecule has 0 radical (unpaired) electrons. The highest BCUT2D eigenvalue weighted by Gasteiger charge is 2.42. The lowest BCUT2D eigenvalue weighted by Gasteiger charge is -2.40. The van der Waals surface area contributed by atoms with Gasteiger partial charge in [-0.15, -0.1) is 0 Å². The van der Waals surface area contributed by atoms with Crippen molar-refractivity contribution in [1.82, 2.24) is 39.4 Å². The number of rotatable bonds is 8. The van der Waals surface area contributed by atoms with Crippen LogP contribution < -0.4 is 0 Å². The van der Waals surface area contributed by atoms with Gasteiger partial charge in [0, 0.05) is 87.2 Å². The first-order chi connectivity index (χ1) is 28.1. The summed E-state index contributed by atoms with van der Waals surface area (Å²) in [5.41, 5.74) is 2.50. The summed E-state index contributed by atoms with van der Waals surface area (Å²) in [6, 6.07) is 6.37. The van der Waals surface area contributed by atoms with Crippen molar-refractivity contribution in [2.24, 2.45) is 0 Å². The summed E-state index contributed by atoms with van der Waals surface area (Å²) in [4.78, 5) is 33.5. The quantitative estimate of drug-likeness (QED) is 0.200. The van der Waals surface area contributed by atoms with Crippen molar-refractivity contribution in [1.29, 1.82) is 0 Å². The van der Waals surface area contributed by atoms with E-state index in [1.54, 1.807) is 17.0 Å². The molecular formula is C40H44ClF5N8O4S. The summed E-state index contributed by atoms with van der Waals surface area (Å²) >= 11 is 6.42. The molecule has 2 atom stereocenters. The van der Waals surface area contributed by atoms with E-state index in [4.69, 9.17) is 11.6 Å². The first kappa shape index (κ1) is 41.3. The predicted octanol–water partition coefficient (Wildman–Crippen LogP) is 6.26. The molecule has 4 aromatic rings. The molecule has 0 spiro atoms. The Labute approximate surface area is 343 Å². The Morgan fingerprint density at radius 1 is 0.847 bits per heavy atom. The highest BCUT2D eigenvalue weighted by atomic mass is 35.5. The first-order valence-electron chi connectivity index (χ1n) is 19.9. The molecule has 2 saturated heterocycles. The number of fused-ring (bicyclic) bond motifs is 2. The number of halogens is 6. The van der Waals surface area contributed by atoms with Gasteiger partial charge in [0.25, 0.3) is 11.8 Å². The molecule has 316 valence electrons. The topological polar surface area (TPSA) is 139 Å². The zero-order valence-corrected chi connectivity index (χ0v) is 33.9. The molecule has 2 unspecified atom stereocenters. The Bertz CT molecular complexity index is 2360. The van der Waals surface area contributed by atoms with Crippen LogP contribution in [0.4, 0.5) is 22.0 Å². The Morgan fingerprint density at radius 3 is 2.20 bits per heavy atom. The Kier molecular flexibility index (Phi) is 11.4. The summed E-state index contributed by atoms with van der Waals surface area (Å²) in [6.45, 7) is 4.57. The zero-order chi connectivity index (χ0) is 41.8. The molecule has 59 heavy (non-hydrogen) atoms. The number of benzene rings is 2. The van der Waals surface area contributed by atoms with Crippen molar-refractivity contribution in [3.05, 3.63) is 104 Å². The number of piperidine rings is 2. The van der Waals surface area contributed by atoms with E-state index in [9.17, 15) is 40.0 Å². The number of hydrogen-bond donors (Lipinski definition) is 2. The van der Waals surface area contributed by atoms with Crippen LogP contribution in [0.3, 0.4) is 0 Å². The average Bonchev–Trinajstić information content (AvgIpc) is 3.85. The summed E-state index contributed by atoms with van der Waals surface area (Å²) in [6.07, 6.45) is -2.74. The van der Waals surface area contributed by atoms with Gasteiger partial charge in [-0.1, -0.05) is 36.7 Å². The third-order valence-electron chi connectivity index (χ3n) is 12.5.